The molecule has 2 aliphatic rings. The van der Waals surface area contributed by atoms with Crippen molar-refractivity contribution in [2.75, 3.05) is 31.6 Å². The second-order valence-electron chi connectivity index (χ2n) is 7.08. The van der Waals surface area contributed by atoms with Gasteiger partial charge in [-0.05, 0) is 43.5 Å². The highest BCUT2D eigenvalue weighted by Gasteiger charge is 2.36. The van der Waals surface area contributed by atoms with E-state index in [0.717, 1.165) is 0 Å². The maximum absolute atomic E-state index is 12.7. The fourth-order valence-corrected chi connectivity index (χ4v) is 5.55. The number of rotatable bonds is 3. The predicted octanol–water partition coefficient (Wildman–Crippen LogP) is 1.84. The Bertz CT molecular complexity index is 786. The van der Waals surface area contributed by atoms with Crippen LogP contribution in [0.4, 0.5) is 0 Å². The Balaban J connectivity index is 1.55. The van der Waals surface area contributed by atoms with Crippen LogP contribution in [0.2, 0.25) is 5.02 Å². The van der Waals surface area contributed by atoms with Gasteiger partial charge in [-0.15, -0.1) is 0 Å². The molecule has 0 spiro atoms. The summed E-state index contributed by atoms with van der Waals surface area (Å²) in [5.74, 6) is -0.00186. The van der Waals surface area contributed by atoms with Crippen LogP contribution in [-0.4, -0.2) is 67.7 Å². The molecule has 1 atom stereocenters. The van der Waals surface area contributed by atoms with E-state index >= 15 is 0 Å². The van der Waals surface area contributed by atoms with E-state index in [2.05, 4.69) is 0 Å². The first-order valence-electron chi connectivity index (χ1n) is 8.79. The topological polar surface area (TPSA) is 74.8 Å². The number of carbonyl (C=O) groups excluding carboxylic acids is 2. The summed E-state index contributed by atoms with van der Waals surface area (Å²) >= 11 is 5.85. The van der Waals surface area contributed by atoms with Crippen LogP contribution < -0.4 is 0 Å². The van der Waals surface area contributed by atoms with Gasteiger partial charge in [0.05, 0.1) is 11.5 Å². The fourth-order valence-electron chi connectivity index (χ4n) is 3.65. The summed E-state index contributed by atoms with van der Waals surface area (Å²) in [6.07, 6.45) is 1.71. The molecule has 1 aromatic rings. The Kier molecular flexibility index (Phi) is 5.58. The van der Waals surface area contributed by atoms with Gasteiger partial charge in [0.25, 0.3) is 5.91 Å². The number of benzene rings is 1. The number of amides is 2. The van der Waals surface area contributed by atoms with E-state index < -0.39 is 9.84 Å². The Labute approximate surface area is 159 Å². The van der Waals surface area contributed by atoms with Gasteiger partial charge in [-0.25, -0.2) is 8.42 Å². The number of piperidine rings is 1. The van der Waals surface area contributed by atoms with Crippen molar-refractivity contribution in [3.05, 3.63) is 34.9 Å². The first-order chi connectivity index (χ1) is 12.3. The van der Waals surface area contributed by atoms with Gasteiger partial charge in [0.2, 0.25) is 5.91 Å². The van der Waals surface area contributed by atoms with Crippen molar-refractivity contribution in [1.82, 2.24) is 9.80 Å². The second kappa shape index (κ2) is 7.56. The smallest absolute Gasteiger partial charge is 0.253 e. The normalized spacial score (nSPS) is 23.0. The lowest BCUT2D eigenvalue weighted by atomic mass is 9.94. The average Bonchev–Trinajstić information content (AvgIpc) is 3.00. The minimum absolute atomic E-state index is 0.00862. The van der Waals surface area contributed by atoms with Crippen LogP contribution in [0, 0.1) is 5.92 Å². The fraction of sp³-hybridized carbons (Fsp3) is 0.556. The Hall–Kier alpha value is -1.60. The highest BCUT2D eigenvalue weighted by atomic mass is 35.5. The van der Waals surface area contributed by atoms with Gasteiger partial charge in [0.15, 0.2) is 9.84 Å². The number of nitrogens with zero attached hydrogens (tertiary/aromatic N) is 2. The van der Waals surface area contributed by atoms with Crippen LogP contribution >= 0.6 is 11.6 Å². The summed E-state index contributed by atoms with van der Waals surface area (Å²) in [6, 6.07) is 6.57. The maximum Gasteiger partial charge on any atom is 0.253 e. The number of carbonyl (C=O) groups is 2. The molecule has 0 saturated carbocycles. The quantitative estimate of drug-likeness (QED) is 0.778. The molecule has 6 nitrogen and oxygen atoms in total. The van der Waals surface area contributed by atoms with Crippen LogP contribution in [0.3, 0.4) is 0 Å². The van der Waals surface area contributed by atoms with Crippen molar-refractivity contribution in [2.24, 2.45) is 5.92 Å². The molecule has 8 heteroatoms. The molecule has 1 unspecified atom stereocenters. The molecule has 0 bridgehead atoms. The van der Waals surface area contributed by atoms with E-state index in [4.69, 9.17) is 11.6 Å². The zero-order chi connectivity index (χ0) is 18.9. The van der Waals surface area contributed by atoms with Crippen molar-refractivity contribution in [2.45, 2.75) is 25.3 Å². The van der Waals surface area contributed by atoms with Gasteiger partial charge in [0, 0.05) is 42.7 Å². The van der Waals surface area contributed by atoms with Crippen molar-refractivity contribution in [3.8, 4) is 0 Å². The van der Waals surface area contributed by atoms with E-state index in [-0.39, 0.29) is 35.3 Å². The average molecular weight is 399 g/mol. The van der Waals surface area contributed by atoms with Crippen molar-refractivity contribution < 1.29 is 18.0 Å². The third-order valence-corrected chi connectivity index (χ3v) is 7.33. The van der Waals surface area contributed by atoms with E-state index in [1.54, 1.807) is 41.1 Å². The summed E-state index contributed by atoms with van der Waals surface area (Å²) in [5, 5.41) is 0.586. The molecule has 2 heterocycles. The number of hydrogen-bond donors (Lipinski definition) is 0. The second-order valence-corrected chi connectivity index (χ2v) is 9.74. The molecule has 142 valence electrons. The van der Waals surface area contributed by atoms with Gasteiger partial charge in [-0.2, -0.15) is 0 Å². The van der Waals surface area contributed by atoms with Gasteiger partial charge in [0.1, 0.15) is 0 Å². The number of likely N-dealkylation sites (tertiary alicyclic amines) is 1. The van der Waals surface area contributed by atoms with Crippen molar-refractivity contribution >= 4 is 33.3 Å². The third kappa shape index (κ3) is 4.20. The number of hydrogen-bond acceptors (Lipinski definition) is 4. The van der Waals surface area contributed by atoms with E-state index in [1.807, 2.05) is 0 Å². The summed E-state index contributed by atoms with van der Waals surface area (Å²) in [4.78, 5) is 28.6. The molecule has 2 aliphatic heterocycles. The zero-order valence-electron chi connectivity index (χ0n) is 14.7. The first-order valence-corrected chi connectivity index (χ1v) is 11.0. The van der Waals surface area contributed by atoms with Crippen LogP contribution in [0.15, 0.2) is 24.3 Å². The number of halogens is 1. The van der Waals surface area contributed by atoms with Gasteiger partial charge < -0.3 is 9.80 Å². The minimum Gasteiger partial charge on any atom is -0.341 e. The Morgan fingerprint density at radius 3 is 2.27 bits per heavy atom. The van der Waals surface area contributed by atoms with Crippen LogP contribution in [0.1, 0.15) is 29.6 Å². The lowest BCUT2D eigenvalue weighted by Crippen LogP contribution is -2.46. The monoisotopic (exact) mass is 398 g/mol. The first kappa shape index (κ1) is 19.2. The molecule has 2 fully saturated rings. The third-order valence-electron chi connectivity index (χ3n) is 5.33. The van der Waals surface area contributed by atoms with Gasteiger partial charge >= 0.3 is 0 Å². The largest absolute Gasteiger partial charge is 0.341 e. The molecular weight excluding hydrogens is 376 g/mol. The molecule has 0 radical (unpaired) electrons. The molecule has 2 saturated heterocycles. The van der Waals surface area contributed by atoms with Gasteiger partial charge in [-0.3, -0.25) is 9.59 Å². The summed E-state index contributed by atoms with van der Waals surface area (Å²) in [5.41, 5.74) is 0.590. The lowest BCUT2D eigenvalue weighted by molar-refractivity contribution is -0.137. The lowest BCUT2D eigenvalue weighted by Gasteiger charge is -2.34. The number of sulfone groups is 1. The summed E-state index contributed by atoms with van der Waals surface area (Å²) in [6.45, 7) is 1.04. The van der Waals surface area contributed by atoms with E-state index in [0.29, 0.717) is 42.9 Å². The van der Waals surface area contributed by atoms with Crippen molar-refractivity contribution in [3.63, 3.8) is 0 Å². The molecular formula is C18H23ClN2O4S. The molecule has 26 heavy (non-hydrogen) atoms. The summed E-state index contributed by atoms with van der Waals surface area (Å²) in [7, 11) is -1.32. The van der Waals surface area contributed by atoms with Crippen molar-refractivity contribution in [1.29, 1.82) is 0 Å². The van der Waals surface area contributed by atoms with E-state index in [9.17, 15) is 18.0 Å². The van der Waals surface area contributed by atoms with Gasteiger partial charge in [-0.1, -0.05) is 11.6 Å². The molecule has 1 aromatic carbocycles. The van der Waals surface area contributed by atoms with Crippen LogP contribution in [-0.2, 0) is 14.6 Å². The summed E-state index contributed by atoms with van der Waals surface area (Å²) < 4.78 is 23.3. The molecule has 0 aliphatic carbocycles. The molecule has 2 amide bonds. The Morgan fingerprint density at radius 1 is 1.12 bits per heavy atom. The maximum atomic E-state index is 12.7. The van der Waals surface area contributed by atoms with Crippen LogP contribution in [0.25, 0.3) is 0 Å². The van der Waals surface area contributed by atoms with E-state index in [1.165, 1.54) is 0 Å². The predicted molar refractivity (Wildman–Crippen MR) is 99.9 cm³/mol. The minimum atomic E-state index is -3.01. The SMILES string of the molecule is CN(C(=O)C1CCN(C(=O)c2ccc(Cl)cc2)CC1)C1CCS(=O)(=O)C1. The molecule has 3 rings (SSSR count). The highest BCUT2D eigenvalue weighted by Crippen LogP contribution is 2.24. The molecule has 0 aromatic heterocycles. The zero-order valence-corrected chi connectivity index (χ0v) is 16.3. The molecule has 0 N–H and O–H groups in total. The Morgan fingerprint density at radius 2 is 1.73 bits per heavy atom. The standard InChI is InChI=1S/C18H23ClN2O4S/c1-20(16-8-11-26(24,25)12-16)17(22)14-6-9-21(10-7-14)18(23)13-2-4-15(19)5-3-13/h2-5,14,16H,6-12H2,1H3. The van der Waals surface area contributed by atoms with Crippen LogP contribution in [0.5, 0.6) is 0 Å². The highest BCUT2D eigenvalue weighted by molar-refractivity contribution is 7.91.